The van der Waals surface area contributed by atoms with Gasteiger partial charge in [-0.15, -0.1) is 0 Å². The molecule has 2 rings (SSSR count). The number of likely N-dealkylation sites (tertiary alicyclic amines) is 1. The van der Waals surface area contributed by atoms with Gasteiger partial charge < -0.3 is 14.7 Å². The zero-order valence-electron chi connectivity index (χ0n) is 10.1. The van der Waals surface area contributed by atoms with Crippen molar-refractivity contribution in [3.63, 3.8) is 0 Å². The number of aliphatic carboxylic acids is 1. The number of ether oxygens (including phenoxy) is 1. The van der Waals surface area contributed by atoms with Gasteiger partial charge in [0.15, 0.2) is 0 Å². The Morgan fingerprint density at radius 3 is 2.76 bits per heavy atom. The van der Waals surface area contributed by atoms with E-state index in [0.29, 0.717) is 32.4 Å². The van der Waals surface area contributed by atoms with Crippen LogP contribution in [-0.2, 0) is 14.3 Å². The monoisotopic (exact) mass is 241 g/mol. The van der Waals surface area contributed by atoms with Gasteiger partial charge in [0.1, 0.15) is 6.04 Å². The number of carboxylic acids is 1. The molecule has 0 aliphatic carbocycles. The lowest BCUT2D eigenvalue weighted by molar-refractivity contribution is -0.152. The molecule has 0 aromatic carbocycles. The quantitative estimate of drug-likeness (QED) is 0.779. The third-order valence-corrected chi connectivity index (χ3v) is 3.66. The molecular formula is C12H19NO4. The highest BCUT2D eigenvalue weighted by molar-refractivity contribution is 5.85. The molecule has 0 bridgehead atoms. The van der Waals surface area contributed by atoms with Crippen molar-refractivity contribution in [2.75, 3.05) is 13.2 Å². The van der Waals surface area contributed by atoms with Crippen LogP contribution in [0.1, 0.15) is 32.6 Å². The minimum Gasteiger partial charge on any atom is -0.480 e. The van der Waals surface area contributed by atoms with Crippen molar-refractivity contribution in [2.24, 2.45) is 5.92 Å². The van der Waals surface area contributed by atoms with Crippen LogP contribution < -0.4 is 0 Å². The number of hydrogen-bond acceptors (Lipinski definition) is 3. The fraction of sp³-hybridized carbons (Fsp3) is 0.833. The lowest BCUT2D eigenvalue weighted by Crippen LogP contribution is -2.45. The van der Waals surface area contributed by atoms with E-state index in [2.05, 4.69) is 0 Å². The van der Waals surface area contributed by atoms with Crippen LogP contribution in [0.4, 0.5) is 0 Å². The Morgan fingerprint density at radius 2 is 2.12 bits per heavy atom. The van der Waals surface area contributed by atoms with E-state index in [1.165, 1.54) is 0 Å². The van der Waals surface area contributed by atoms with Crippen molar-refractivity contribution in [3.8, 4) is 0 Å². The van der Waals surface area contributed by atoms with Crippen LogP contribution >= 0.6 is 0 Å². The molecule has 3 atom stereocenters. The van der Waals surface area contributed by atoms with Crippen LogP contribution in [0.2, 0.25) is 0 Å². The Labute approximate surface area is 101 Å². The maximum Gasteiger partial charge on any atom is 0.326 e. The normalized spacial score (nSPS) is 33.7. The Morgan fingerprint density at radius 1 is 1.35 bits per heavy atom. The molecule has 0 radical (unpaired) electrons. The standard InChI is InChI=1S/C12H19NO4/c1-8-7-9(4-6-17-8)11(14)13-5-2-3-10(13)12(15)16/h8-10H,2-7H2,1H3,(H,15,16)/t8?,9?,10-/m1/s1. The number of hydrogen-bond donors (Lipinski definition) is 1. The van der Waals surface area contributed by atoms with E-state index in [0.717, 1.165) is 6.42 Å². The summed E-state index contributed by atoms with van der Waals surface area (Å²) in [5.74, 6) is -0.931. The molecule has 2 unspecified atom stereocenters. The van der Waals surface area contributed by atoms with E-state index in [1.54, 1.807) is 4.90 Å². The summed E-state index contributed by atoms with van der Waals surface area (Å²) in [7, 11) is 0. The van der Waals surface area contributed by atoms with Crippen molar-refractivity contribution in [3.05, 3.63) is 0 Å². The lowest BCUT2D eigenvalue weighted by Gasteiger charge is -2.31. The molecule has 1 amide bonds. The SMILES string of the molecule is CC1CC(C(=O)N2CCC[C@@H]2C(=O)O)CCO1. The molecule has 2 fully saturated rings. The van der Waals surface area contributed by atoms with Crippen LogP contribution in [0, 0.1) is 5.92 Å². The van der Waals surface area contributed by atoms with Gasteiger partial charge in [0, 0.05) is 19.1 Å². The summed E-state index contributed by atoms with van der Waals surface area (Å²) in [4.78, 5) is 24.9. The van der Waals surface area contributed by atoms with Gasteiger partial charge in [0.2, 0.25) is 5.91 Å². The minimum atomic E-state index is -0.879. The van der Waals surface area contributed by atoms with E-state index < -0.39 is 12.0 Å². The van der Waals surface area contributed by atoms with Crippen LogP contribution in [0.3, 0.4) is 0 Å². The summed E-state index contributed by atoms with van der Waals surface area (Å²) in [6, 6.07) is -0.611. The van der Waals surface area contributed by atoms with Gasteiger partial charge in [-0.2, -0.15) is 0 Å². The maximum atomic E-state index is 12.3. The predicted molar refractivity (Wildman–Crippen MR) is 60.5 cm³/mol. The van der Waals surface area contributed by atoms with E-state index in [1.807, 2.05) is 6.92 Å². The Bertz CT molecular complexity index is 318. The molecule has 0 saturated carbocycles. The molecule has 17 heavy (non-hydrogen) atoms. The molecule has 5 heteroatoms. The number of carboxylic acid groups (broad SMARTS) is 1. The molecule has 1 N–H and O–H groups in total. The van der Waals surface area contributed by atoms with Crippen molar-refractivity contribution >= 4 is 11.9 Å². The van der Waals surface area contributed by atoms with Gasteiger partial charge in [0.25, 0.3) is 0 Å². The predicted octanol–water partition coefficient (Wildman–Crippen LogP) is 0.877. The van der Waals surface area contributed by atoms with Crippen molar-refractivity contribution < 1.29 is 19.4 Å². The third kappa shape index (κ3) is 2.60. The highest BCUT2D eigenvalue weighted by Crippen LogP contribution is 2.26. The second-order valence-corrected chi connectivity index (χ2v) is 4.93. The number of rotatable bonds is 2. The molecule has 2 saturated heterocycles. The first-order valence-corrected chi connectivity index (χ1v) is 6.24. The van der Waals surface area contributed by atoms with Crippen molar-refractivity contribution in [2.45, 2.75) is 44.8 Å². The highest BCUT2D eigenvalue weighted by atomic mass is 16.5. The molecule has 0 spiro atoms. The van der Waals surface area contributed by atoms with Gasteiger partial charge in [-0.05, 0) is 32.6 Å². The summed E-state index contributed by atoms with van der Waals surface area (Å²) in [5.41, 5.74) is 0. The average Bonchev–Trinajstić information content (AvgIpc) is 2.77. The molecular weight excluding hydrogens is 222 g/mol. The Balaban J connectivity index is 2.01. The topological polar surface area (TPSA) is 66.8 Å². The second kappa shape index (κ2) is 5.04. The first kappa shape index (κ1) is 12.4. The maximum absolute atomic E-state index is 12.3. The van der Waals surface area contributed by atoms with Gasteiger partial charge in [-0.25, -0.2) is 4.79 Å². The van der Waals surface area contributed by atoms with Crippen LogP contribution in [-0.4, -0.2) is 47.2 Å². The van der Waals surface area contributed by atoms with Crippen molar-refractivity contribution in [1.29, 1.82) is 0 Å². The molecule has 2 heterocycles. The first-order valence-electron chi connectivity index (χ1n) is 6.24. The number of amides is 1. The fourth-order valence-electron chi connectivity index (χ4n) is 2.74. The average molecular weight is 241 g/mol. The Hall–Kier alpha value is -1.10. The molecule has 0 aromatic heterocycles. The van der Waals surface area contributed by atoms with Crippen LogP contribution in [0.15, 0.2) is 0 Å². The summed E-state index contributed by atoms with van der Waals surface area (Å²) in [5, 5.41) is 9.06. The molecule has 96 valence electrons. The van der Waals surface area contributed by atoms with Gasteiger partial charge in [-0.1, -0.05) is 0 Å². The summed E-state index contributed by atoms with van der Waals surface area (Å²) in [6.07, 6.45) is 2.90. The number of carbonyl (C=O) groups is 2. The number of carbonyl (C=O) groups excluding carboxylic acids is 1. The molecule has 0 aromatic rings. The first-order chi connectivity index (χ1) is 8.09. The van der Waals surface area contributed by atoms with E-state index in [9.17, 15) is 9.59 Å². The van der Waals surface area contributed by atoms with Gasteiger partial charge in [-0.3, -0.25) is 4.79 Å². The summed E-state index contributed by atoms with van der Waals surface area (Å²) >= 11 is 0. The minimum absolute atomic E-state index is 0.00468. The molecule has 2 aliphatic heterocycles. The fourth-order valence-corrected chi connectivity index (χ4v) is 2.74. The van der Waals surface area contributed by atoms with E-state index in [4.69, 9.17) is 9.84 Å². The van der Waals surface area contributed by atoms with Crippen molar-refractivity contribution in [1.82, 2.24) is 4.90 Å². The highest BCUT2D eigenvalue weighted by Gasteiger charge is 2.38. The summed E-state index contributed by atoms with van der Waals surface area (Å²) in [6.45, 7) is 3.14. The van der Waals surface area contributed by atoms with Gasteiger partial charge in [0.05, 0.1) is 6.10 Å². The third-order valence-electron chi connectivity index (χ3n) is 3.66. The van der Waals surface area contributed by atoms with Gasteiger partial charge >= 0.3 is 5.97 Å². The molecule has 5 nitrogen and oxygen atoms in total. The largest absolute Gasteiger partial charge is 0.480 e. The lowest BCUT2D eigenvalue weighted by atomic mass is 9.94. The van der Waals surface area contributed by atoms with Crippen LogP contribution in [0.5, 0.6) is 0 Å². The van der Waals surface area contributed by atoms with E-state index in [-0.39, 0.29) is 17.9 Å². The van der Waals surface area contributed by atoms with Crippen LogP contribution in [0.25, 0.3) is 0 Å². The zero-order chi connectivity index (χ0) is 12.4. The second-order valence-electron chi connectivity index (χ2n) is 4.93. The smallest absolute Gasteiger partial charge is 0.326 e. The Kier molecular flexibility index (Phi) is 3.66. The number of nitrogens with zero attached hydrogens (tertiary/aromatic N) is 1. The zero-order valence-corrected chi connectivity index (χ0v) is 10.1. The summed E-state index contributed by atoms with van der Waals surface area (Å²) < 4.78 is 5.41. The van der Waals surface area contributed by atoms with E-state index >= 15 is 0 Å². The molecule has 2 aliphatic rings.